The highest BCUT2D eigenvalue weighted by atomic mass is 79.9. The van der Waals surface area contributed by atoms with Crippen LogP contribution in [0.5, 0.6) is 0 Å². The lowest BCUT2D eigenvalue weighted by atomic mass is 10.0. The lowest BCUT2D eigenvalue weighted by Crippen LogP contribution is -1.99. The summed E-state index contributed by atoms with van der Waals surface area (Å²) in [6.45, 7) is 0.107. The van der Waals surface area contributed by atoms with E-state index in [9.17, 15) is 8.78 Å². The Morgan fingerprint density at radius 1 is 1.17 bits per heavy atom. The fraction of sp³-hybridized carbons (Fsp3) is 0.0769. The van der Waals surface area contributed by atoms with Crippen LogP contribution in [0.25, 0.3) is 11.1 Å². The second kappa shape index (κ2) is 5.34. The van der Waals surface area contributed by atoms with Gasteiger partial charge in [0.2, 0.25) is 0 Å². The van der Waals surface area contributed by atoms with Crippen molar-refractivity contribution in [3.05, 3.63) is 57.0 Å². The molecule has 0 aliphatic rings. The summed E-state index contributed by atoms with van der Waals surface area (Å²) in [5, 5.41) is -0.0178. The van der Waals surface area contributed by atoms with Gasteiger partial charge in [0.1, 0.15) is 5.82 Å². The zero-order chi connectivity index (χ0) is 13.3. The van der Waals surface area contributed by atoms with Crippen LogP contribution in [-0.2, 0) is 6.54 Å². The van der Waals surface area contributed by atoms with Crippen molar-refractivity contribution in [2.24, 2.45) is 5.73 Å². The zero-order valence-electron chi connectivity index (χ0n) is 9.18. The van der Waals surface area contributed by atoms with Crippen molar-refractivity contribution < 1.29 is 8.78 Å². The van der Waals surface area contributed by atoms with Gasteiger partial charge < -0.3 is 5.73 Å². The normalized spacial score (nSPS) is 10.7. The molecule has 94 valence electrons. The predicted octanol–water partition coefficient (Wildman–Crippen LogP) is 4.51. The van der Waals surface area contributed by atoms with Crippen LogP contribution in [0.15, 0.2) is 34.8 Å². The van der Waals surface area contributed by atoms with E-state index in [4.69, 9.17) is 17.3 Å². The Labute approximate surface area is 117 Å². The molecule has 0 atom stereocenters. The van der Waals surface area contributed by atoms with Crippen molar-refractivity contribution in [2.45, 2.75) is 6.54 Å². The van der Waals surface area contributed by atoms with E-state index in [1.165, 1.54) is 6.07 Å². The quantitative estimate of drug-likeness (QED) is 0.805. The molecule has 18 heavy (non-hydrogen) atoms. The summed E-state index contributed by atoms with van der Waals surface area (Å²) in [4.78, 5) is 0. The monoisotopic (exact) mass is 331 g/mol. The second-order valence-corrected chi connectivity index (χ2v) is 4.97. The molecule has 0 aliphatic carbocycles. The van der Waals surface area contributed by atoms with E-state index in [-0.39, 0.29) is 17.1 Å². The van der Waals surface area contributed by atoms with Crippen LogP contribution in [0.3, 0.4) is 0 Å². The summed E-state index contributed by atoms with van der Waals surface area (Å²) >= 11 is 8.92. The van der Waals surface area contributed by atoms with Crippen molar-refractivity contribution in [1.82, 2.24) is 0 Å². The first-order valence-corrected chi connectivity index (χ1v) is 6.34. The summed E-state index contributed by atoms with van der Waals surface area (Å²) in [5.74, 6) is -1.03. The minimum atomic E-state index is -0.578. The number of nitrogens with two attached hydrogens (primary N) is 1. The van der Waals surface area contributed by atoms with E-state index < -0.39 is 11.6 Å². The molecule has 0 bridgehead atoms. The fourth-order valence-electron chi connectivity index (χ4n) is 1.63. The maximum absolute atomic E-state index is 14.0. The van der Waals surface area contributed by atoms with E-state index in [0.717, 1.165) is 0 Å². The summed E-state index contributed by atoms with van der Waals surface area (Å²) in [6, 6.07) is 7.58. The smallest absolute Gasteiger partial charge is 0.150 e. The molecule has 0 amide bonds. The van der Waals surface area contributed by atoms with E-state index in [1.807, 2.05) is 0 Å². The van der Waals surface area contributed by atoms with Gasteiger partial charge in [0, 0.05) is 22.1 Å². The third-order valence-electron chi connectivity index (χ3n) is 2.62. The average Bonchev–Trinajstić information content (AvgIpc) is 2.36. The SMILES string of the molecule is NCc1ccc(-c2ccc(Br)c(Cl)c2F)cc1F. The summed E-state index contributed by atoms with van der Waals surface area (Å²) in [6.07, 6.45) is 0. The van der Waals surface area contributed by atoms with Gasteiger partial charge in [-0.15, -0.1) is 0 Å². The molecule has 0 heterocycles. The lowest BCUT2D eigenvalue weighted by molar-refractivity contribution is 0.610. The number of rotatable bonds is 2. The van der Waals surface area contributed by atoms with Crippen LogP contribution in [-0.4, -0.2) is 0 Å². The lowest BCUT2D eigenvalue weighted by Gasteiger charge is -2.08. The molecular formula is C13H9BrClF2N. The van der Waals surface area contributed by atoms with Gasteiger partial charge in [-0.1, -0.05) is 29.8 Å². The summed E-state index contributed by atoms with van der Waals surface area (Å²) < 4.78 is 28.0. The number of halogens is 4. The molecule has 5 heteroatoms. The Balaban J connectivity index is 2.56. The third kappa shape index (κ3) is 2.41. The summed E-state index contributed by atoms with van der Waals surface area (Å²) in [5.41, 5.74) is 6.45. The molecule has 2 aromatic carbocycles. The van der Waals surface area contributed by atoms with E-state index in [2.05, 4.69) is 15.9 Å². The maximum atomic E-state index is 14.0. The molecule has 2 rings (SSSR count). The molecule has 0 radical (unpaired) electrons. The highest BCUT2D eigenvalue weighted by Gasteiger charge is 2.13. The van der Waals surface area contributed by atoms with Crippen LogP contribution in [0.2, 0.25) is 5.02 Å². The first kappa shape index (κ1) is 13.5. The molecule has 0 saturated carbocycles. The van der Waals surface area contributed by atoms with Crippen molar-refractivity contribution in [1.29, 1.82) is 0 Å². The van der Waals surface area contributed by atoms with Crippen molar-refractivity contribution in [3.8, 4) is 11.1 Å². The van der Waals surface area contributed by atoms with Crippen LogP contribution < -0.4 is 5.73 Å². The zero-order valence-corrected chi connectivity index (χ0v) is 11.5. The van der Waals surface area contributed by atoms with E-state index in [0.29, 0.717) is 15.6 Å². The molecule has 2 aromatic rings. The van der Waals surface area contributed by atoms with Gasteiger partial charge in [-0.3, -0.25) is 0 Å². The first-order chi connectivity index (χ1) is 8.54. The van der Waals surface area contributed by atoms with Crippen molar-refractivity contribution in [3.63, 3.8) is 0 Å². The molecule has 0 saturated heterocycles. The van der Waals surface area contributed by atoms with Crippen molar-refractivity contribution in [2.75, 3.05) is 0 Å². The Morgan fingerprint density at radius 2 is 1.89 bits per heavy atom. The predicted molar refractivity (Wildman–Crippen MR) is 72.4 cm³/mol. The molecule has 0 spiro atoms. The molecule has 2 N–H and O–H groups in total. The largest absolute Gasteiger partial charge is 0.326 e. The fourth-order valence-corrected chi connectivity index (χ4v) is 2.10. The first-order valence-electron chi connectivity index (χ1n) is 5.17. The van der Waals surface area contributed by atoms with Crippen LogP contribution in [0.1, 0.15) is 5.56 Å². The summed E-state index contributed by atoms with van der Waals surface area (Å²) in [7, 11) is 0. The third-order valence-corrected chi connectivity index (χ3v) is 3.88. The Morgan fingerprint density at radius 3 is 2.50 bits per heavy atom. The van der Waals surface area contributed by atoms with Crippen LogP contribution >= 0.6 is 27.5 Å². The minimum absolute atomic E-state index is 0.0178. The number of hydrogen-bond donors (Lipinski definition) is 1. The molecule has 0 fully saturated rings. The van der Waals surface area contributed by atoms with Gasteiger partial charge in [-0.2, -0.15) is 0 Å². The highest BCUT2D eigenvalue weighted by molar-refractivity contribution is 9.10. The van der Waals surface area contributed by atoms with Gasteiger partial charge in [0.25, 0.3) is 0 Å². The van der Waals surface area contributed by atoms with Gasteiger partial charge in [0.05, 0.1) is 5.02 Å². The maximum Gasteiger partial charge on any atom is 0.150 e. The molecular weight excluding hydrogens is 324 g/mol. The Kier molecular flexibility index (Phi) is 4.00. The number of hydrogen-bond acceptors (Lipinski definition) is 1. The Hall–Kier alpha value is -0.970. The van der Waals surface area contributed by atoms with Crippen LogP contribution in [0, 0.1) is 11.6 Å². The van der Waals surface area contributed by atoms with E-state index >= 15 is 0 Å². The molecule has 1 nitrogen and oxygen atoms in total. The standard InChI is InChI=1S/C13H9BrClF2N/c14-10-4-3-9(13(17)12(10)15)7-1-2-8(6-18)11(16)5-7/h1-5H,6,18H2. The topological polar surface area (TPSA) is 26.0 Å². The van der Waals surface area contributed by atoms with Gasteiger partial charge in [-0.05, 0) is 33.6 Å². The Bertz CT molecular complexity index is 602. The second-order valence-electron chi connectivity index (χ2n) is 3.73. The minimum Gasteiger partial charge on any atom is -0.326 e. The molecule has 0 unspecified atom stereocenters. The van der Waals surface area contributed by atoms with Gasteiger partial charge in [-0.25, -0.2) is 8.78 Å². The number of benzene rings is 2. The van der Waals surface area contributed by atoms with Gasteiger partial charge >= 0.3 is 0 Å². The molecule has 0 aliphatic heterocycles. The van der Waals surface area contributed by atoms with Crippen LogP contribution in [0.4, 0.5) is 8.78 Å². The molecule has 0 aromatic heterocycles. The van der Waals surface area contributed by atoms with E-state index in [1.54, 1.807) is 24.3 Å². The van der Waals surface area contributed by atoms with Gasteiger partial charge in [0.15, 0.2) is 5.82 Å². The highest BCUT2D eigenvalue weighted by Crippen LogP contribution is 2.33. The van der Waals surface area contributed by atoms with Crippen molar-refractivity contribution >= 4 is 27.5 Å². The average molecular weight is 333 g/mol.